The first kappa shape index (κ1) is 12.3. The van der Waals surface area contributed by atoms with Crippen molar-refractivity contribution in [1.29, 1.82) is 0 Å². The van der Waals surface area contributed by atoms with Crippen LogP contribution >= 0.6 is 34.5 Å². The molecular weight excluding hydrogens is 285 g/mol. The Balaban J connectivity index is 1.84. The summed E-state index contributed by atoms with van der Waals surface area (Å²) in [5.41, 5.74) is 0.964. The summed E-state index contributed by atoms with van der Waals surface area (Å²) >= 11 is 13.9. The lowest BCUT2D eigenvalue weighted by atomic mass is 10.1. The molecule has 1 unspecified atom stereocenters. The van der Waals surface area contributed by atoms with Crippen LogP contribution in [0.25, 0.3) is 0 Å². The van der Waals surface area contributed by atoms with Gasteiger partial charge in [-0.3, -0.25) is 0 Å². The zero-order valence-corrected chi connectivity index (χ0v) is 12.0. The third-order valence-electron chi connectivity index (χ3n) is 3.19. The van der Waals surface area contributed by atoms with Gasteiger partial charge < -0.3 is 5.32 Å². The Morgan fingerprint density at radius 3 is 2.67 bits per heavy atom. The number of benzene rings is 1. The molecule has 0 saturated heterocycles. The highest BCUT2D eigenvalue weighted by molar-refractivity contribution is 7.10. The summed E-state index contributed by atoms with van der Waals surface area (Å²) in [6.45, 7) is 0. The normalized spacial score (nSPS) is 16.6. The Morgan fingerprint density at radius 2 is 2.06 bits per heavy atom. The van der Waals surface area contributed by atoms with E-state index < -0.39 is 0 Å². The second-order valence-electron chi connectivity index (χ2n) is 4.60. The number of hydrogen-bond acceptors (Lipinski definition) is 2. The topological polar surface area (TPSA) is 12.0 Å². The standard InChI is InChI=1S/C14H13Cl2NS/c15-10-5-6-12(11(16)8-10)17-14(9-3-4-9)13-2-1-7-18-13/h1-2,5-9,14,17H,3-4H2. The van der Waals surface area contributed by atoms with Crippen molar-refractivity contribution in [2.75, 3.05) is 5.32 Å². The fourth-order valence-corrected chi connectivity index (χ4v) is 3.43. The van der Waals surface area contributed by atoms with Crippen LogP contribution in [0.2, 0.25) is 10.0 Å². The van der Waals surface area contributed by atoms with Crippen LogP contribution in [0.15, 0.2) is 35.7 Å². The van der Waals surface area contributed by atoms with Crippen molar-refractivity contribution >= 4 is 40.2 Å². The van der Waals surface area contributed by atoms with Crippen molar-refractivity contribution < 1.29 is 0 Å². The Morgan fingerprint density at radius 1 is 1.22 bits per heavy atom. The van der Waals surface area contributed by atoms with Crippen molar-refractivity contribution in [1.82, 2.24) is 0 Å². The number of rotatable bonds is 4. The van der Waals surface area contributed by atoms with Gasteiger partial charge in [-0.1, -0.05) is 29.3 Å². The molecule has 1 atom stereocenters. The largest absolute Gasteiger partial charge is 0.376 e. The van der Waals surface area contributed by atoms with Crippen LogP contribution in [0.3, 0.4) is 0 Å². The van der Waals surface area contributed by atoms with Crippen molar-refractivity contribution in [3.8, 4) is 0 Å². The Kier molecular flexibility index (Phi) is 3.51. The summed E-state index contributed by atoms with van der Waals surface area (Å²) in [4.78, 5) is 1.38. The van der Waals surface area contributed by atoms with E-state index in [1.807, 2.05) is 12.1 Å². The quantitative estimate of drug-likeness (QED) is 0.772. The van der Waals surface area contributed by atoms with Gasteiger partial charge in [-0.2, -0.15) is 0 Å². The van der Waals surface area contributed by atoms with Crippen molar-refractivity contribution in [3.05, 3.63) is 50.6 Å². The zero-order chi connectivity index (χ0) is 12.5. The number of anilines is 1. The highest BCUT2D eigenvalue weighted by Gasteiger charge is 2.33. The van der Waals surface area contributed by atoms with E-state index in [9.17, 15) is 0 Å². The molecule has 0 spiro atoms. The molecule has 1 heterocycles. The maximum Gasteiger partial charge on any atom is 0.0652 e. The predicted molar refractivity (Wildman–Crippen MR) is 79.9 cm³/mol. The summed E-state index contributed by atoms with van der Waals surface area (Å²) in [5, 5.41) is 7.04. The second kappa shape index (κ2) is 5.12. The molecule has 4 heteroatoms. The minimum absolute atomic E-state index is 0.378. The molecule has 1 saturated carbocycles. The van der Waals surface area contributed by atoms with E-state index in [1.54, 1.807) is 17.4 Å². The predicted octanol–water partition coefficient (Wildman–Crippen LogP) is 5.62. The van der Waals surface area contributed by atoms with Crippen LogP contribution in [0, 0.1) is 5.92 Å². The van der Waals surface area contributed by atoms with Gasteiger partial charge in [0.25, 0.3) is 0 Å². The van der Waals surface area contributed by atoms with Crippen molar-refractivity contribution in [2.45, 2.75) is 18.9 Å². The fourth-order valence-electron chi connectivity index (χ4n) is 2.09. The van der Waals surface area contributed by atoms with E-state index in [4.69, 9.17) is 23.2 Å². The Labute approximate surface area is 121 Å². The summed E-state index contributed by atoms with van der Waals surface area (Å²) in [5.74, 6) is 0.732. The zero-order valence-electron chi connectivity index (χ0n) is 9.70. The first-order valence-corrected chi connectivity index (χ1v) is 7.62. The maximum absolute atomic E-state index is 6.22. The lowest BCUT2D eigenvalue weighted by Gasteiger charge is -2.19. The van der Waals surface area contributed by atoms with E-state index >= 15 is 0 Å². The molecule has 0 radical (unpaired) electrons. The summed E-state index contributed by atoms with van der Waals surface area (Å²) in [6, 6.07) is 10.3. The summed E-state index contributed by atoms with van der Waals surface area (Å²) in [6.07, 6.45) is 2.58. The molecule has 1 N–H and O–H groups in total. The molecule has 2 aromatic rings. The molecule has 1 fully saturated rings. The number of nitrogens with one attached hydrogen (secondary N) is 1. The molecule has 1 aromatic heterocycles. The highest BCUT2D eigenvalue weighted by Crippen LogP contribution is 2.45. The number of halogens is 2. The van der Waals surface area contributed by atoms with Crippen LogP contribution in [0.1, 0.15) is 23.8 Å². The molecule has 0 bridgehead atoms. The first-order chi connectivity index (χ1) is 8.74. The van der Waals surface area contributed by atoms with Crippen LogP contribution in [0.5, 0.6) is 0 Å². The van der Waals surface area contributed by atoms with Crippen LogP contribution in [-0.4, -0.2) is 0 Å². The molecule has 3 rings (SSSR count). The minimum Gasteiger partial charge on any atom is -0.376 e. The molecule has 18 heavy (non-hydrogen) atoms. The van der Waals surface area contributed by atoms with Gasteiger partial charge in [0.2, 0.25) is 0 Å². The first-order valence-electron chi connectivity index (χ1n) is 5.99. The molecule has 1 aliphatic carbocycles. The SMILES string of the molecule is Clc1ccc(NC(c2cccs2)C2CC2)c(Cl)c1. The van der Waals surface area contributed by atoms with Crippen LogP contribution in [-0.2, 0) is 0 Å². The van der Waals surface area contributed by atoms with Gasteiger partial charge >= 0.3 is 0 Å². The molecule has 0 aliphatic heterocycles. The third kappa shape index (κ3) is 2.66. The number of hydrogen-bond donors (Lipinski definition) is 1. The molecule has 0 amide bonds. The van der Waals surface area contributed by atoms with Crippen molar-refractivity contribution in [3.63, 3.8) is 0 Å². The average molecular weight is 298 g/mol. The van der Waals surface area contributed by atoms with E-state index in [0.29, 0.717) is 16.1 Å². The second-order valence-corrected chi connectivity index (χ2v) is 6.42. The van der Waals surface area contributed by atoms with Gasteiger partial charge in [-0.15, -0.1) is 11.3 Å². The summed E-state index contributed by atoms with van der Waals surface area (Å²) in [7, 11) is 0. The van der Waals surface area contributed by atoms with Gasteiger partial charge in [0.05, 0.1) is 16.8 Å². The molecule has 94 valence electrons. The van der Waals surface area contributed by atoms with Gasteiger partial charge in [-0.05, 0) is 48.4 Å². The third-order valence-corrected chi connectivity index (χ3v) is 4.69. The molecule has 1 nitrogen and oxygen atoms in total. The Hall–Kier alpha value is -0.700. The lowest BCUT2D eigenvalue weighted by molar-refractivity contribution is 0.691. The average Bonchev–Trinajstić information content (AvgIpc) is 3.03. The van der Waals surface area contributed by atoms with E-state index in [0.717, 1.165) is 11.6 Å². The Bertz CT molecular complexity index is 535. The fraction of sp³-hybridized carbons (Fsp3) is 0.286. The van der Waals surface area contributed by atoms with E-state index in [1.165, 1.54) is 17.7 Å². The van der Waals surface area contributed by atoms with Crippen LogP contribution in [0.4, 0.5) is 5.69 Å². The number of thiophene rings is 1. The van der Waals surface area contributed by atoms with Gasteiger partial charge in [0.1, 0.15) is 0 Å². The minimum atomic E-state index is 0.378. The molecular formula is C14H13Cl2NS. The van der Waals surface area contributed by atoms with Gasteiger partial charge in [0.15, 0.2) is 0 Å². The lowest BCUT2D eigenvalue weighted by Crippen LogP contribution is -2.11. The monoisotopic (exact) mass is 297 g/mol. The molecule has 1 aromatic carbocycles. The van der Waals surface area contributed by atoms with E-state index in [2.05, 4.69) is 22.8 Å². The maximum atomic E-state index is 6.22. The van der Waals surface area contributed by atoms with Crippen molar-refractivity contribution in [2.24, 2.45) is 5.92 Å². The molecule has 1 aliphatic rings. The smallest absolute Gasteiger partial charge is 0.0652 e. The summed E-state index contributed by atoms with van der Waals surface area (Å²) < 4.78 is 0. The van der Waals surface area contributed by atoms with Gasteiger partial charge in [-0.25, -0.2) is 0 Å². The highest BCUT2D eigenvalue weighted by atomic mass is 35.5. The van der Waals surface area contributed by atoms with E-state index in [-0.39, 0.29) is 0 Å². The van der Waals surface area contributed by atoms with Crippen LogP contribution < -0.4 is 5.32 Å². The van der Waals surface area contributed by atoms with Gasteiger partial charge in [0, 0.05) is 9.90 Å².